The molecule has 13 heavy (non-hydrogen) atoms. The van der Waals surface area contributed by atoms with Gasteiger partial charge < -0.3 is 4.57 Å². The van der Waals surface area contributed by atoms with Crippen LogP contribution in [-0.2, 0) is 6.54 Å². The summed E-state index contributed by atoms with van der Waals surface area (Å²) in [5, 5.41) is 0. The molecule has 1 rings (SSSR count). The summed E-state index contributed by atoms with van der Waals surface area (Å²) in [6.45, 7) is 5.60. The third-order valence-electron chi connectivity index (χ3n) is 2.42. The average molecular weight is 179 g/mol. The summed E-state index contributed by atoms with van der Waals surface area (Å²) < 4.78 is 2.29. The van der Waals surface area contributed by atoms with Gasteiger partial charge in [0.15, 0.2) is 0 Å². The Labute approximate surface area is 81.8 Å². The van der Waals surface area contributed by atoms with Crippen molar-refractivity contribution in [2.75, 3.05) is 0 Å². The van der Waals surface area contributed by atoms with Crippen molar-refractivity contribution in [3.63, 3.8) is 0 Å². The lowest BCUT2D eigenvalue weighted by atomic mass is 10.1. The molecule has 0 unspecified atom stereocenters. The van der Waals surface area contributed by atoms with E-state index in [1.807, 2.05) is 0 Å². The van der Waals surface area contributed by atoms with Gasteiger partial charge in [0.2, 0.25) is 0 Å². The molecule has 0 bridgehead atoms. The van der Waals surface area contributed by atoms with E-state index in [2.05, 4.69) is 36.9 Å². The van der Waals surface area contributed by atoms with Crippen molar-refractivity contribution in [1.82, 2.24) is 4.57 Å². The molecule has 1 aromatic heterocycles. The van der Waals surface area contributed by atoms with Crippen LogP contribution in [0.15, 0.2) is 18.5 Å². The van der Waals surface area contributed by atoms with Crippen LogP contribution in [0.2, 0.25) is 0 Å². The monoisotopic (exact) mass is 179 g/mol. The van der Waals surface area contributed by atoms with Crippen molar-refractivity contribution in [2.24, 2.45) is 0 Å². The number of aryl methyl sites for hydroxylation is 2. The van der Waals surface area contributed by atoms with E-state index in [4.69, 9.17) is 0 Å². The Morgan fingerprint density at radius 2 is 1.92 bits per heavy atom. The zero-order valence-electron chi connectivity index (χ0n) is 8.92. The molecule has 0 aromatic carbocycles. The van der Waals surface area contributed by atoms with Crippen LogP contribution in [-0.4, -0.2) is 4.57 Å². The van der Waals surface area contributed by atoms with Crippen LogP contribution in [0.4, 0.5) is 0 Å². The molecule has 0 saturated carbocycles. The highest BCUT2D eigenvalue weighted by molar-refractivity contribution is 5.06. The van der Waals surface area contributed by atoms with Gasteiger partial charge in [0, 0.05) is 18.9 Å². The van der Waals surface area contributed by atoms with Gasteiger partial charge in [-0.2, -0.15) is 0 Å². The lowest BCUT2D eigenvalue weighted by Gasteiger charge is -2.01. The highest BCUT2D eigenvalue weighted by Crippen LogP contribution is 2.05. The predicted molar refractivity (Wildman–Crippen MR) is 57.9 cm³/mol. The number of rotatable bonds is 6. The van der Waals surface area contributed by atoms with Gasteiger partial charge in [-0.25, -0.2) is 0 Å². The number of unbranched alkanes of at least 4 members (excludes halogenated alkanes) is 4. The first-order valence-corrected chi connectivity index (χ1v) is 5.45. The molecule has 1 heteroatoms. The van der Waals surface area contributed by atoms with Crippen LogP contribution < -0.4 is 0 Å². The summed E-state index contributed by atoms with van der Waals surface area (Å²) in [4.78, 5) is 0. The van der Waals surface area contributed by atoms with E-state index in [1.165, 1.54) is 44.2 Å². The Kier molecular flexibility index (Phi) is 4.66. The highest BCUT2D eigenvalue weighted by Gasteiger charge is 1.92. The fourth-order valence-electron chi connectivity index (χ4n) is 1.60. The van der Waals surface area contributed by atoms with Crippen molar-refractivity contribution < 1.29 is 0 Å². The quantitative estimate of drug-likeness (QED) is 0.586. The second-order valence-electron chi connectivity index (χ2n) is 3.84. The van der Waals surface area contributed by atoms with Crippen LogP contribution in [0.1, 0.15) is 44.6 Å². The van der Waals surface area contributed by atoms with Crippen molar-refractivity contribution in [1.29, 1.82) is 0 Å². The Hall–Kier alpha value is -0.720. The molecular formula is C12H21N. The minimum Gasteiger partial charge on any atom is -0.354 e. The Bertz CT molecular complexity index is 225. The predicted octanol–water partition coefficient (Wildman–Crippen LogP) is 3.77. The van der Waals surface area contributed by atoms with Gasteiger partial charge in [0.05, 0.1) is 0 Å². The second-order valence-corrected chi connectivity index (χ2v) is 3.84. The minimum absolute atomic E-state index is 1.19. The molecule has 0 atom stereocenters. The molecule has 0 saturated heterocycles. The molecule has 0 fully saturated rings. The first kappa shape index (κ1) is 10.4. The van der Waals surface area contributed by atoms with E-state index >= 15 is 0 Å². The summed E-state index contributed by atoms with van der Waals surface area (Å²) in [5.74, 6) is 0. The molecule has 0 radical (unpaired) electrons. The van der Waals surface area contributed by atoms with Crippen molar-refractivity contribution in [2.45, 2.75) is 52.5 Å². The highest BCUT2D eigenvalue weighted by atomic mass is 14.9. The van der Waals surface area contributed by atoms with Gasteiger partial charge in [-0.1, -0.05) is 32.6 Å². The molecule has 0 aliphatic rings. The maximum atomic E-state index is 2.29. The molecule has 74 valence electrons. The van der Waals surface area contributed by atoms with E-state index in [1.54, 1.807) is 0 Å². The van der Waals surface area contributed by atoms with E-state index in [0.29, 0.717) is 0 Å². The average Bonchev–Trinajstić information content (AvgIpc) is 2.51. The van der Waals surface area contributed by atoms with E-state index < -0.39 is 0 Å². The van der Waals surface area contributed by atoms with Crippen molar-refractivity contribution in [3.05, 3.63) is 24.0 Å². The molecule has 0 amide bonds. The molecule has 1 heterocycles. The largest absolute Gasteiger partial charge is 0.354 e. The SMILES string of the molecule is CCCCCCCn1ccc(C)c1. The minimum atomic E-state index is 1.19. The van der Waals surface area contributed by atoms with Crippen molar-refractivity contribution in [3.8, 4) is 0 Å². The smallest absolute Gasteiger partial charge is 0.0219 e. The summed E-state index contributed by atoms with van der Waals surface area (Å²) in [6, 6.07) is 2.17. The number of hydrogen-bond donors (Lipinski definition) is 0. The van der Waals surface area contributed by atoms with Gasteiger partial charge in [-0.15, -0.1) is 0 Å². The molecule has 0 spiro atoms. The zero-order chi connectivity index (χ0) is 9.52. The number of hydrogen-bond acceptors (Lipinski definition) is 0. The van der Waals surface area contributed by atoms with Crippen LogP contribution in [0.3, 0.4) is 0 Å². The third-order valence-corrected chi connectivity index (χ3v) is 2.42. The topological polar surface area (TPSA) is 4.93 Å². The first-order valence-electron chi connectivity index (χ1n) is 5.45. The van der Waals surface area contributed by atoms with Gasteiger partial charge >= 0.3 is 0 Å². The van der Waals surface area contributed by atoms with Crippen LogP contribution in [0.5, 0.6) is 0 Å². The van der Waals surface area contributed by atoms with Crippen LogP contribution in [0.25, 0.3) is 0 Å². The standard InChI is InChI=1S/C12H21N/c1-3-4-5-6-7-9-13-10-8-12(2)11-13/h8,10-11H,3-7,9H2,1-2H3. The Morgan fingerprint density at radius 3 is 2.54 bits per heavy atom. The fourth-order valence-corrected chi connectivity index (χ4v) is 1.60. The van der Waals surface area contributed by atoms with Crippen LogP contribution in [0, 0.1) is 6.92 Å². The second kappa shape index (κ2) is 5.85. The zero-order valence-corrected chi connectivity index (χ0v) is 8.92. The first-order chi connectivity index (χ1) is 6.33. The molecule has 0 aliphatic heterocycles. The Morgan fingerprint density at radius 1 is 1.15 bits per heavy atom. The van der Waals surface area contributed by atoms with E-state index in [-0.39, 0.29) is 0 Å². The normalized spacial score (nSPS) is 10.6. The summed E-state index contributed by atoms with van der Waals surface area (Å²) >= 11 is 0. The maximum Gasteiger partial charge on any atom is 0.0219 e. The van der Waals surface area contributed by atoms with E-state index in [0.717, 1.165) is 0 Å². The third kappa shape index (κ3) is 4.16. The van der Waals surface area contributed by atoms with Gasteiger partial charge in [0.1, 0.15) is 0 Å². The summed E-state index contributed by atoms with van der Waals surface area (Å²) in [7, 11) is 0. The molecule has 1 aromatic rings. The number of nitrogens with zero attached hydrogens (tertiary/aromatic N) is 1. The Balaban J connectivity index is 2.06. The lowest BCUT2D eigenvalue weighted by molar-refractivity contribution is 0.569. The molecular weight excluding hydrogens is 158 g/mol. The lowest BCUT2D eigenvalue weighted by Crippen LogP contribution is -1.93. The number of aromatic nitrogens is 1. The molecule has 0 aliphatic carbocycles. The molecule has 0 N–H and O–H groups in total. The van der Waals surface area contributed by atoms with Gasteiger partial charge in [-0.3, -0.25) is 0 Å². The van der Waals surface area contributed by atoms with Gasteiger partial charge in [0.25, 0.3) is 0 Å². The van der Waals surface area contributed by atoms with Crippen LogP contribution >= 0.6 is 0 Å². The maximum absolute atomic E-state index is 2.29. The summed E-state index contributed by atoms with van der Waals surface area (Å²) in [5.41, 5.74) is 1.37. The van der Waals surface area contributed by atoms with Gasteiger partial charge in [-0.05, 0) is 25.0 Å². The van der Waals surface area contributed by atoms with E-state index in [9.17, 15) is 0 Å². The fraction of sp³-hybridized carbons (Fsp3) is 0.667. The summed E-state index contributed by atoms with van der Waals surface area (Å²) in [6.07, 6.45) is 11.2. The molecule has 1 nitrogen and oxygen atoms in total. The van der Waals surface area contributed by atoms with Crippen molar-refractivity contribution >= 4 is 0 Å².